The van der Waals surface area contributed by atoms with Crippen LogP contribution in [0.1, 0.15) is 64.3 Å². The lowest BCUT2D eigenvalue weighted by molar-refractivity contribution is -0.0429. The van der Waals surface area contributed by atoms with Crippen molar-refractivity contribution in [2.24, 2.45) is 10.7 Å². The largest absolute Gasteiger partial charge is 0.398 e. The van der Waals surface area contributed by atoms with Gasteiger partial charge in [-0.2, -0.15) is 0 Å². The molecule has 2 amide bonds. The highest BCUT2D eigenvalue weighted by molar-refractivity contribution is 5.89. The van der Waals surface area contributed by atoms with Gasteiger partial charge in [-0.3, -0.25) is 0 Å². The molecular formula is C30H44N6O4. The Hall–Kier alpha value is -3.18. The number of nitrogens with zero attached hydrogens (tertiary/aromatic N) is 3. The number of anilines is 1. The minimum Gasteiger partial charge on any atom is -0.398 e. The van der Waals surface area contributed by atoms with Crippen molar-refractivity contribution < 1.29 is 19.7 Å². The Bertz CT molecular complexity index is 1230. The Kier molecular flexibility index (Phi) is 9.35. The lowest BCUT2D eigenvalue weighted by Gasteiger charge is -2.23. The molecule has 0 bridgehead atoms. The number of aliphatic hydroxyl groups excluding tert-OH is 2. The molecule has 2 aromatic rings. The van der Waals surface area contributed by atoms with Gasteiger partial charge in [0, 0.05) is 48.9 Å². The number of benzene rings is 1. The number of amides is 2. The predicted molar refractivity (Wildman–Crippen MR) is 159 cm³/mol. The molecule has 2 aliphatic heterocycles. The van der Waals surface area contributed by atoms with Gasteiger partial charge in [-0.05, 0) is 61.2 Å². The Morgan fingerprint density at radius 2 is 1.93 bits per heavy atom. The number of likely N-dealkylation sites (N-methyl/N-ethyl adjacent to an activating group) is 1. The first-order valence-corrected chi connectivity index (χ1v) is 14.1. The third-order valence-corrected chi connectivity index (χ3v) is 7.65. The summed E-state index contributed by atoms with van der Waals surface area (Å²) in [6.07, 6.45) is 2.36. The van der Waals surface area contributed by atoms with Crippen LogP contribution < -0.4 is 16.4 Å². The summed E-state index contributed by atoms with van der Waals surface area (Å²) in [4.78, 5) is 18.9. The molecule has 4 rings (SSSR count). The van der Waals surface area contributed by atoms with E-state index in [9.17, 15) is 15.0 Å². The molecule has 10 heteroatoms. The number of allylic oxidation sites excluding steroid dienone is 1. The van der Waals surface area contributed by atoms with Crippen LogP contribution in [0.15, 0.2) is 47.1 Å². The Balaban J connectivity index is 1.24. The van der Waals surface area contributed by atoms with Crippen LogP contribution in [0, 0.1) is 0 Å². The average Bonchev–Trinajstić information content (AvgIpc) is 3.39. The zero-order valence-corrected chi connectivity index (χ0v) is 24.2. The van der Waals surface area contributed by atoms with Gasteiger partial charge in [-0.1, -0.05) is 39.8 Å². The van der Waals surface area contributed by atoms with E-state index in [-0.39, 0.29) is 11.4 Å². The van der Waals surface area contributed by atoms with E-state index in [1.807, 2.05) is 48.5 Å². The molecule has 3 heterocycles. The molecule has 2 aliphatic rings. The number of rotatable bonds is 9. The van der Waals surface area contributed by atoms with Crippen molar-refractivity contribution in [1.29, 1.82) is 0 Å². The van der Waals surface area contributed by atoms with Crippen molar-refractivity contribution in [2.45, 2.75) is 76.9 Å². The summed E-state index contributed by atoms with van der Waals surface area (Å²) in [7, 11) is 1.93. The quantitative estimate of drug-likeness (QED) is 0.301. The van der Waals surface area contributed by atoms with Crippen LogP contribution in [0.5, 0.6) is 0 Å². The lowest BCUT2D eigenvalue weighted by atomic mass is 9.87. The highest BCUT2D eigenvalue weighted by Crippen LogP contribution is 2.38. The number of aliphatic hydroxyl groups is 2. The van der Waals surface area contributed by atoms with Crippen molar-refractivity contribution in [3.63, 3.8) is 0 Å². The fraction of sp³-hybridized carbons (Fsp3) is 0.533. The van der Waals surface area contributed by atoms with E-state index in [0.717, 1.165) is 23.2 Å². The maximum absolute atomic E-state index is 12.3. The third kappa shape index (κ3) is 6.75. The van der Waals surface area contributed by atoms with Crippen LogP contribution in [0.2, 0.25) is 0 Å². The lowest BCUT2D eigenvalue weighted by Crippen LogP contribution is -2.39. The highest BCUT2D eigenvalue weighted by atomic mass is 16.6. The van der Waals surface area contributed by atoms with Crippen molar-refractivity contribution in [3.8, 4) is 0 Å². The average molecular weight is 553 g/mol. The van der Waals surface area contributed by atoms with Gasteiger partial charge in [0.15, 0.2) is 6.23 Å². The third-order valence-electron chi connectivity index (χ3n) is 7.65. The van der Waals surface area contributed by atoms with Crippen LogP contribution >= 0.6 is 0 Å². The molecule has 0 radical (unpaired) electrons. The molecule has 0 saturated carbocycles. The van der Waals surface area contributed by atoms with E-state index in [4.69, 9.17) is 10.5 Å². The molecular weight excluding hydrogens is 508 g/mol. The number of carbonyl (C=O) groups excluding carboxylic acids is 1. The number of urea groups is 1. The van der Waals surface area contributed by atoms with Crippen LogP contribution in [0.4, 0.5) is 16.3 Å². The SMILES string of the molecule is CCC1=C(N)c2ccn(C3OC(CN(C)CCCNC(=O)Nc4ccc(C(C)(C)C)cc4)C(O)C3O)c2N=CC1. The number of ether oxygens (including phenoxy) is 1. The Morgan fingerprint density at radius 3 is 2.60 bits per heavy atom. The summed E-state index contributed by atoms with van der Waals surface area (Å²) in [6, 6.07) is 9.51. The minimum atomic E-state index is -1.10. The molecule has 1 aromatic heterocycles. The van der Waals surface area contributed by atoms with Gasteiger partial charge in [-0.15, -0.1) is 0 Å². The summed E-state index contributed by atoms with van der Waals surface area (Å²) >= 11 is 0. The fourth-order valence-electron chi connectivity index (χ4n) is 5.16. The van der Waals surface area contributed by atoms with Crippen LogP contribution in [-0.2, 0) is 10.2 Å². The normalized spacial score (nSPS) is 22.9. The molecule has 0 spiro atoms. The van der Waals surface area contributed by atoms with Crippen molar-refractivity contribution in [3.05, 3.63) is 53.2 Å². The second-order valence-corrected chi connectivity index (χ2v) is 11.7. The number of carbonyl (C=O) groups is 1. The van der Waals surface area contributed by atoms with E-state index in [0.29, 0.717) is 44.0 Å². The van der Waals surface area contributed by atoms with E-state index in [1.54, 1.807) is 10.8 Å². The van der Waals surface area contributed by atoms with Gasteiger partial charge in [0.1, 0.15) is 24.1 Å². The number of hydrogen-bond donors (Lipinski definition) is 5. The smallest absolute Gasteiger partial charge is 0.319 e. The second-order valence-electron chi connectivity index (χ2n) is 11.7. The molecule has 6 N–H and O–H groups in total. The number of hydrogen-bond acceptors (Lipinski definition) is 7. The molecule has 10 nitrogen and oxygen atoms in total. The van der Waals surface area contributed by atoms with Crippen LogP contribution in [0.25, 0.3) is 5.70 Å². The van der Waals surface area contributed by atoms with Crippen LogP contribution in [0.3, 0.4) is 0 Å². The molecule has 4 unspecified atom stereocenters. The molecule has 40 heavy (non-hydrogen) atoms. The topological polar surface area (TPSA) is 137 Å². The maximum Gasteiger partial charge on any atom is 0.319 e. The molecule has 0 aliphatic carbocycles. The zero-order chi connectivity index (χ0) is 29.0. The summed E-state index contributed by atoms with van der Waals surface area (Å²) in [5.41, 5.74) is 11.1. The van der Waals surface area contributed by atoms with E-state index >= 15 is 0 Å². The number of fused-ring (bicyclic) bond motifs is 1. The molecule has 218 valence electrons. The van der Waals surface area contributed by atoms with Gasteiger partial charge in [0.25, 0.3) is 0 Å². The molecule has 1 fully saturated rings. The van der Waals surface area contributed by atoms with Gasteiger partial charge >= 0.3 is 6.03 Å². The molecule has 1 saturated heterocycles. The highest BCUT2D eigenvalue weighted by Gasteiger charge is 2.44. The van der Waals surface area contributed by atoms with Gasteiger partial charge < -0.3 is 40.8 Å². The standard InChI is InChI=1S/C30H44N6O4/c1-6-19-12-15-32-27-22(24(19)31)13-17-36(27)28-26(38)25(37)23(40-28)18-35(5)16-7-14-33-29(39)34-21-10-8-20(9-11-21)30(2,3)4/h8-11,13,15,17,23,25-26,28,37-38H,6-7,12,14,16,18,31H2,1-5H3,(H2,33,34,39). The summed E-state index contributed by atoms with van der Waals surface area (Å²) in [5, 5.41) is 27.3. The molecule has 1 aromatic carbocycles. The van der Waals surface area contributed by atoms with E-state index < -0.39 is 24.5 Å². The van der Waals surface area contributed by atoms with Gasteiger partial charge in [-0.25, -0.2) is 9.79 Å². The minimum absolute atomic E-state index is 0.0616. The monoisotopic (exact) mass is 552 g/mol. The predicted octanol–water partition coefficient (Wildman–Crippen LogP) is 3.73. The number of aromatic nitrogens is 1. The van der Waals surface area contributed by atoms with Crippen molar-refractivity contribution in [2.75, 3.05) is 32.0 Å². The van der Waals surface area contributed by atoms with E-state index in [2.05, 4.69) is 43.3 Å². The molecule has 4 atom stereocenters. The first kappa shape index (κ1) is 29.8. The number of aliphatic imine (C=N–C) groups is 1. The summed E-state index contributed by atoms with van der Waals surface area (Å²) in [5.74, 6) is 0.626. The zero-order valence-electron chi connectivity index (χ0n) is 24.2. The maximum atomic E-state index is 12.3. The van der Waals surface area contributed by atoms with Crippen molar-refractivity contribution in [1.82, 2.24) is 14.8 Å². The summed E-state index contributed by atoms with van der Waals surface area (Å²) < 4.78 is 7.90. The Morgan fingerprint density at radius 1 is 1.20 bits per heavy atom. The summed E-state index contributed by atoms with van der Waals surface area (Å²) in [6.45, 7) is 10.1. The number of nitrogens with two attached hydrogens (primary N) is 1. The fourth-order valence-corrected chi connectivity index (χ4v) is 5.16. The van der Waals surface area contributed by atoms with Crippen molar-refractivity contribution >= 4 is 29.4 Å². The second kappa shape index (κ2) is 12.6. The first-order chi connectivity index (χ1) is 19.0. The van der Waals surface area contributed by atoms with Crippen LogP contribution in [-0.4, -0.2) is 76.9 Å². The van der Waals surface area contributed by atoms with Gasteiger partial charge in [0.05, 0.1) is 0 Å². The first-order valence-electron chi connectivity index (χ1n) is 14.1. The Labute approximate surface area is 236 Å². The van der Waals surface area contributed by atoms with Gasteiger partial charge in [0.2, 0.25) is 0 Å². The van der Waals surface area contributed by atoms with E-state index in [1.165, 1.54) is 5.56 Å². The number of nitrogens with one attached hydrogen (secondary N) is 2.